The Hall–Kier alpha value is -3.07. The van der Waals surface area contributed by atoms with Gasteiger partial charge in [-0.15, -0.1) is 0 Å². The minimum absolute atomic E-state index is 0.0289. The van der Waals surface area contributed by atoms with Crippen molar-refractivity contribution in [2.75, 3.05) is 31.6 Å². The zero-order valence-corrected chi connectivity index (χ0v) is 16.7. The van der Waals surface area contributed by atoms with Gasteiger partial charge >= 0.3 is 0 Å². The molecular weight excluding hydrogens is 382 g/mol. The van der Waals surface area contributed by atoms with E-state index in [2.05, 4.69) is 10.6 Å². The van der Waals surface area contributed by atoms with Gasteiger partial charge in [0.1, 0.15) is 5.75 Å². The van der Waals surface area contributed by atoms with Gasteiger partial charge in [0.05, 0.1) is 24.2 Å². The average molecular weight is 405 g/mol. The summed E-state index contributed by atoms with van der Waals surface area (Å²) in [6, 6.07) is 12.3. The van der Waals surface area contributed by atoms with E-state index in [9.17, 15) is 18.0 Å². The molecule has 2 rings (SSSR count). The Labute approximate surface area is 164 Å². The van der Waals surface area contributed by atoms with Gasteiger partial charge in [-0.1, -0.05) is 12.1 Å². The number of methoxy groups -OCH3 is 1. The van der Waals surface area contributed by atoms with Crippen LogP contribution in [0, 0.1) is 0 Å². The number of sulfonamides is 1. The molecule has 0 aliphatic heterocycles. The van der Waals surface area contributed by atoms with E-state index in [-0.39, 0.29) is 22.9 Å². The molecule has 8 nitrogen and oxygen atoms in total. The highest BCUT2D eigenvalue weighted by Gasteiger charge is 2.24. The van der Waals surface area contributed by atoms with Crippen LogP contribution in [0.5, 0.6) is 5.75 Å². The van der Waals surface area contributed by atoms with Crippen LogP contribution in [0.3, 0.4) is 0 Å². The van der Waals surface area contributed by atoms with E-state index in [4.69, 9.17) is 4.74 Å². The first-order chi connectivity index (χ1) is 13.3. The smallest absolute Gasteiger partial charge is 0.264 e. The van der Waals surface area contributed by atoms with Crippen molar-refractivity contribution in [1.82, 2.24) is 10.6 Å². The summed E-state index contributed by atoms with van der Waals surface area (Å²) in [5, 5.41) is 5.05. The topological polar surface area (TPSA) is 105 Å². The summed E-state index contributed by atoms with van der Waals surface area (Å²) in [6.07, 6.45) is 0. The number of ether oxygens (including phenoxy) is 1. The molecule has 0 heterocycles. The van der Waals surface area contributed by atoms with E-state index in [0.717, 1.165) is 4.31 Å². The number of carbonyl (C=O) groups is 2. The summed E-state index contributed by atoms with van der Waals surface area (Å²) in [7, 11) is -0.946. The Bertz CT molecular complexity index is 942. The number of benzene rings is 2. The summed E-state index contributed by atoms with van der Waals surface area (Å²) >= 11 is 0. The number of hydrogen-bond donors (Lipinski definition) is 2. The van der Waals surface area contributed by atoms with E-state index >= 15 is 0 Å². The van der Waals surface area contributed by atoms with Crippen molar-refractivity contribution in [2.24, 2.45) is 0 Å². The summed E-state index contributed by atoms with van der Waals surface area (Å²) in [4.78, 5) is 23.5. The van der Waals surface area contributed by atoms with Crippen molar-refractivity contribution < 1.29 is 22.7 Å². The van der Waals surface area contributed by atoms with Gasteiger partial charge in [0.2, 0.25) is 5.91 Å². The van der Waals surface area contributed by atoms with Gasteiger partial charge in [0.25, 0.3) is 15.9 Å². The maximum atomic E-state index is 12.9. The Kier molecular flexibility index (Phi) is 7.00. The second-order valence-corrected chi connectivity index (χ2v) is 7.77. The minimum atomic E-state index is -3.84. The molecule has 0 aliphatic rings. The Morgan fingerprint density at radius 3 is 2.29 bits per heavy atom. The second kappa shape index (κ2) is 9.23. The number of amides is 2. The quantitative estimate of drug-likeness (QED) is 0.691. The SMILES string of the molecule is CCNC(=O)CNC(=O)c1ccc(S(=O)(=O)N(C)c2ccccc2OC)cc1. The van der Waals surface area contributed by atoms with Gasteiger partial charge in [0, 0.05) is 19.2 Å². The van der Waals surface area contributed by atoms with Crippen LogP contribution in [0.1, 0.15) is 17.3 Å². The molecule has 0 spiro atoms. The highest BCUT2D eigenvalue weighted by Crippen LogP contribution is 2.30. The molecule has 9 heteroatoms. The minimum Gasteiger partial charge on any atom is -0.495 e. The fourth-order valence-electron chi connectivity index (χ4n) is 2.48. The molecular formula is C19H23N3O5S. The molecule has 0 aromatic heterocycles. The molecule has 2 amide bonds. The lowest BCUT2D eigenvalue weighted by Crippen LogP contribution is -2.36. The number of hydrogen-bond acceptors (Lipinski definition) is 5. The lowest BCUT2D eigenvalue weighted by Gasteiger charge is -2.21. The Morgan fingerprint density at radius 1 is 1.04 bits per heavy atom. The summed E-state index contributed by atoms with van der Waals surface area (Å²) in [5.74, 6) is -0.336. The van der Waals surface area contributed by atoms with Crippen LogP contribution in [0.4, 0.5) is 5.69 Å². The van der Waals surface area contributed by atoms with Gasteiger partial charge in [-0.3, -0.25) is 13.9 Å². The van der Waals surface area contributed by atoms with E-state index in [1.807, 2.05) is 0 Å². The van der Waals surface area contributed by atoms with Crippen LogP contribution < -0.4 is 19.7 Å². The van der Waals surface area contributed by atoms with Gasteiger partial charge in [-0.25, -0.2) is 8.42 Å². The van der Waals surface area contributed by atoms with Crippen LogP contribution in [-0.4, -0.2) is 47.5 Å². The van der Waals surface area contributed by atoms with Gasteiger partial charge < -0.3 is 15.4 Å². The molecule has 0 unspecified atom stereocenters. The first-order valence-corrected chi connectivity index (χ1v) is 10.0. The fourth-order valence-corrected chi connectivity index (χ4v) is 3.68. The first kappa shape index (κ1) is 21.2. The van der Waals surface area contributed by atoms with Crippen molar-refractivity contribution in [3.63, 3.8) is 0 Å². The van der Waals surface area contributed by atoms with Crippen LogP contribution >= 0.6 is 0 Å². The average Bonchev–Trinajstić information content (AvgIpc) is 2.71. The van der Waals surface area contributed by atoms with Crippen LogP contribution in [0.15, 0.2) is 53.4 Å². The number of para-hydroxylation sites is 2. The zero-order valence-electron chi connectivity index (χ0n) is 15.9. The molecule has 0 atom stereocenters. The number of nitrogens with zero attached hydrogens (tertiary/aromatic N) is 1. The van der Waals surface area contributed by atoms with E-state index < -0.39 is 15.9 Å². The first-order valence-electron chi connectivity index (χ1n) is 8.58. The van der Waals surface area contributed by atoms with E-state index in [0.29, 0.717) is 18.0 Å². The highest BCUT2D eigenvalue weighted by molar-refractivity contribution is 7.92. The molecule has 0 fully saturated rings. The maximum Gasteiger partial charge on any atom is 0.264 e. The van der Waals surface area contributed by atoms with Gasteiger partial charge in [-0.05, 0) is 43.3 Å². The Morgan fingerprint density at radius 2 is 1.68 bits per heavy atom. The third-order valence-electron chi connectivity index (χ3n) is 3.98. The van der Waals surface area contributed by atoms with Crippen molar-refractivity contribution in [1.29, 1.82) is 0 Å². The van der Waals surface area contributed by atoms with Crippen LogP contribution in [0.25, 0.3) is 0 Å². The molecule has 0 saturated carbocycles. The number of nitrogens with one attached hydrogen (secondary N) is 2. The molecule has 0 aliphatic carbocycles. The van der Waals surface area contributed by atoms with Crippen LogP contribution in [-0.2, 0) is 14.8 Å². The monoisotopic (exact) mass is 405 g/mol. The summed E-state index contributed by atoms with van der Waals surface area (Å²) < 4.78 is 32.1. The number of carbonyl (C=O) groups excluding carboxylic acids is 2. The lowest BCUT2D eigenvalue weighted by atomic mass is 10.2. The standard InChI is InChI=1S/C19H23N3O5S/c1-4-20-18(23)13-21-19(24)14-9-11-15(12-10-14)28(25,26)22(2)16-7-5-6-8-17(16)27-3/h5-12H,4,13H2,1-3H3,(H,20,23)(H,21,24). The third kappa shape index (κ3) is 4.80. The molecule has 0 radical (unpaired) electrons. The van der Waals surface area contributed by atoms with Crippen molar-refractivity contribution in [3.8, 4) is 5.75 Å². The molecule has 150 valence electrons. The third-order valence-corrected chi connectivity index (χ3v) is 5.77. The number of anilines is 1. The highest BCUT2D eigenvalue weighted by atomic mass is 32.2. The summed E-state index contributed by atoms with van der Waals surface area (Å²) in [6.45, 7) is 2.10. The predicted octanol–water partition coefficient (Wildman–Crippen LogP) is 1.39. The van der Waals surface area contributed by atoms with Crippen LogP contribution in [0.2, 0.25) is 0 Å². The predicted molar refractivity (Wildman–Crippen MR) is 106 cm³/mol. The van der Waals surface area contributed by atoms with E-state index in [1.54, 1.807) is 31.2 Å². The van der Waals surface area contributed by atoms with Gasteiger partial charge in [0.15, 0.2) is 0 Å². The second-order valence-electron chi connectivity index (χ2n) is 5.80. The lowest BCUT2D eigenvalue weighted by molar-refractivity contribution is -0.120. The molecule has 2 aromatic rings. The molecule has 2 aromatic carbocycles. The number of rotatable bonds is 8. The molecule has 0 bridgehead atoms. The molecule has 28 heavy (non-hydrogen) atoms. The molecule has 2 N–H and O–H groups in total. The fraction of sp³-hybridized carbons (Fsp3) is 0.263. The zero-order chi connectivity index (χ0) is 20.7. The summed E-state index contributed by atoms with van der Waals surface area (Å²) in [5.41, 5.74) is 0.650. The maximum absolute atomic E-state index is 12.9. The Balaban J connectivity index is 2.17. The van der Waals surface area contributed by atoms with Gasteiger partial charge in [-0.2, -0.15) is 0 Å². The van der Waals surface area contributed by atoms with Crippen molar-refractivity contribution in [2.45, 2.75) is 11.8 Å². The van der Waals surface area contributed by atoms with Crippen molar-refractivity contribution >= 4 is 27.5 Å². The normalized spacial score (nSPS) is 10.8. The number of likely N-dealkylation sites (N-methyl/N-ethyl adjacent to an activating group) is 1. The largest absolute Gasteiger partial charge is 0.495 e. The van der Waals surface area contributed by atoms with Crippen molar-refractivity contribution in [3.05, 3.63) is 54.1 Å². The molecule has 0 saturated heterocycles. The van der Waals surface area contributed by atoms with E-state index in [1.165, 1.54) is 38.4 Å².